The van der Waals surface area contributed by atoms with Crippen molar-refractivity contribution in [3.05, 3.63) is 29.3 Å². The molecule has 0 radical (unpaired) electrons. The van der Waals surface area contributed by atoms with Gasteiger partial charge in [0, 0.05) is 20.1 Å². The fourth-order valence-corrected chi connectivity index (χ4v) is 3.73. The molecule has 2 heterocycles. The largest absolute Gasteiger partial charge is 0.493 e. The van der Waals surface area contributed by atoms with E-state index in [1.54, 1.807) is 18.9 Å². The predicted octanol–water partition coefficient (Wildman–Crippen LogP) is 1.84. The van der Waals surface area contributed by atoms with Crippen LogP contribution in [0.5, 0.6) is 5.75 Å². The molecular formula is C14H17NO3S. The topological polar surface area (TPSA) is 38.8 Å². The molecule has 0 aromatic heterocycles. The number of benzene rings is 1. The number of hydrogen-bond acceptors (Lipinski definition) is 4. The summed E-state index contributed by atoms with van der Waals surface area (Å²) in [5.41, 5.74) is 2.44. The lowest BCUT2D eigenvalue weighted by Gasteiger charge is -2.24. The zero-order valence-electron chi connectivity index (χ0n) is 10.9. The summed E-state index contributed by atoms with van der Waals surface area (Å²) in [5, 5.41) is 0.119. The molecule has 3 rings (SSSR count). The Morgan fingerprint density at radius 2 is 2.42 bits per heavy atom. The molecule has 0 spiro atoms. The van der Waals surface area contributed by atoms with Gasteiger partial charge in [-0.15, -0.1) is 11.8 Å². The number of nitrogens with zero attached hydrogens (tertiary/aromatic N) is 1. The van der Waals surface area contributed by atoms with Crippen molar-refractivity contribution in [3.8, 4) is 5.75 Å². The number of carbonyl (C=O) groups is 1. The van der Waals surface area contributed by atoms with Crippen LogP contribution in [0.4, 0.5) is 0 Å². The number of methoxy groups -OCH3 is 1. The van der Waals surface area contributed by atoms with Gasteiger partial charge in [-0.3, -0.25) is 4.79 Å². The molecule has 1 saturated heterocycles. The number of rotatable bonds is 4. The van der Waals surface area contributed by atoms with Crippen molar-refractivity contribution in [2.45, 2.75) is 11.8 Å². The third-order valence-corrected chi connectivity index (χ3v) is 4.76. The fourth-order valence-electron chi connectivity index (χ4n) is 2.52. The SMILES string of the molecule is COCCN1C(=O)CSC1c1ccc2c(c1)CCO2. The molecule has 2 aliphatic rings. The maximum atomic E-state index is 11.9. The Hall–Kier alpha value is -1.20. The number of amides is 1. The smallest absolute Gasteiger partial charge is 0.233 e. The molecule has 0 saturated carbocycles. The molecule has 102 valence electrons. The highest BCUT2D eigenvalue weighted by molar-refractivity contribution is 8.00. The maximum Gasteiger partial charge on any atom is 0.233 e. The van der Waals surface area contributed by atoms with E-state index in [0.29, 0.717) is 18.9 Å². The van der Waals surface area contributed by atoms with E-state index in [9.17, 15) is 4.79 Å². The van der Waals surface area contributed by atoms with Crippen LogP contribution in [0.25, 0.3) is 0 Å². The maximum absolute atomic E-state index is 11.9. The molecule has 4 nitrogen and oxygen atoms in total. The Balaban J connectivity index is 1.82. The molecule has 1 aromatic rings. The zero-order chi connectivity index (χ0) is 13.2. The normalized spacial score (nSPS) is 21.6. The van der Waals surface area contributed by atoms with E-state index >= 15 is 0 Å². The van der Waals surface area contributed by atoms with Gasteiger partial charge in [-0.05, 0) is 23.3 Å². The second kappa shape index (κ2) is 5.43. The molecule has 5 heteroatoms. The average molecular weight is 279 g/mol. The van der Waals surface area contributed by atoms with E-state index in [1.165, 1.54) is 11.1 Å². The second-order valence-corrected chi connectivity index (χ2v) is 5.78. The van der Waals surface area contributed by atoms with Crippen molar-refractivity contribution >= 4 is 17.7 Å². The lowest BCUT2D eigenvalue weighted by Crippen LogP contribution is -2.31. The van der Waals surface area contributed by atoms with Crippen LogP contribution in [-0.2, 0) is 16.0 Å². The summed E-state index contributed by atoms with van der Waals surface area (Å²) in [6, 6.07) is 6.27. The predicted molar refractivity (Wildman–Crippen MR) is 74.4 cm³/mol. The van der Waals surface area contributed by atoms with E-state index in [4.69, 9.17) is 9.47 Å². The van der Waals surface area contributed by atoms with Crippen LogP contribution in [0.2, 0.25) is 0 Å². The van der Waals surface area contributed by atoms with Crippen molar-refractivity contribution in [2.75, 3.05) is 32.6 Å². The van der Waals surface area contributed by atoms with E-state index in [0.717, 1.165) is 18.8 Å². The van der Waals surface area contributed by atoms with Gasteiger partial charge in [0.05, 0.1) is 19.0 Å². The molecule has 1 unspecified atom stereocenters. The summed E-state index contributed by atoms with van der Waals surface area (Å²) >= 11 is 1.69. The van der Waals surface area contributed by atoms with Crippen LogP contribution < -0.4 is 4.74 Å². The summed E-state index contributed by atoms with van der Waals surface area (Å²) in [6.07, 6.45) is 0.965. The van der Waals surface area contributed by atoms with Crippen molar-refractivity contribution in [1.29, 1.82) is 0 Å². The van der Waals surface area contributed by atoms with Crippen molar-refractivity contribution in [1.82, 2.24) is 4.90 Å². The quantitative estimate of drug-likeness (QED) is 0.843. The van der Waals surface area contributed by atoms with Gasteiger partial charge in [0.15, 0.2) is 0 Å². The standard InChI is InChI=1S/C14H17NO3S/c1-17-7-5-15-13(16)9-19-14(15)11-2-3-12-10(8-11)4-6-18-12/h2-3,8,14H,4-7,9H2,1H3. The summed E-state index contributed by atoms with van der Waals surface area (Å²) in [5.74, 6) is 1.74. The highest BCUT2D eigenvalue weighted by atomic mass is 32.2. The van der Waals surface area contributed by atoms with Crippen molar-refractivity contribution < 1.29 is 14.3 Å². The van der Waals surface area contributed by atoms with Crippen LogP contribution in [0.3, 0.4) is 0 Å². The monoisotopic (exact) mass is 279 g/mol. The highest BCUT2D eigenvalue weighted by Crippen LogP contribution is 2.40. The minimum absolute atomic E-state index is 0.119. The van der Waals surface area contributed by atoms with Crippen molar-refractivity contribution in [2.24, 2.45) is 0 Å². The van der Waals surface area contributed by atoms with Gasteiger partial charge in [-0.1, -0.05) is 6.07 Å². The Bertz CT molecular complexity index is 492. The first-order valence-corrected chi connectivity index (χ1v) is 7.50. The van der Waals surface area contributed by atoms with Crippen LogP contribution in [-0.4, -0.2) is 43.4 Å². The fraction of sp³-hybridized carbons (Fsp3) is 0.500. The van der Waals surface area contributed by atoms with Gasteiger partial charge < -0.3 is 14.4 Å². The molecule has 2 aliphatic heterocycles. The molecule has 0 N–H and O–H groups in total. The lowest BCUT2D eigenvalue weighted by atomic mass is 10.1. The molecule has 0 bridgehead atoms. The molecule has 1 amide bonds. The van der Waals surface area contributed by atoms with E-state index in [1.807, 2.05) is 11.0 Å². The summed E-state index contributed by atoms with van der Waals surface area (Å²) in [6.45, 7) is 2.00. The zero-order valence-corrected chi connectivity index (χ0v) is 11.7. The van der Waals surface area contributed by atoms with Gasteiger partial charge in [0.1, 0.15) is 11.1 Å². The number of ether oxygens (including phenoxy) is 2. The second-order valence-electron chi connectivity index (χ2n) is 4.71. The first-order valence-electron chi connectivity index (χ1n) is 6.45. The minimum atomic E-state index is 0.119. The summed E-state index contributed by atoms with van der Waals surface area (Å²) < 4.78 is 10.6. The number of fused-ring (bicyclic) bond motifs is 1. The third-order valence-electron chi connectivity index (χ3n) is 3.50. The molecule has 0 aliphatic carbocycles. The van der Waals surface area contributed by atoms with Crippen LogP contribution >= 0.6 is 11.8 Å². The Labute approximate surface area is 117 Å². The van der Waals surface area contributed by atoms with Crippen LogP contribution in [0.1, 0.15) is 16.5 Å². The van der Waals surface area contributed by atoms with Gasteiger partial charge in [0.25, 0.3) is 0 Å². The first-order chi connectivity index (χ1) is 9.29. The van der Waals surface area contributed by atoms with Gasteiger partial charge in [-0.2, -0.15) is 0 Å². The van der Waals surface area contributed by atoms with Crippen LogP contribution in [0, 0.1) is 0 Å². The van der Waals surface area contributed by atoms with E-state index < -0.39 is 0 Å². The van der Waals surface area contributed by atoms with Crippen LogP contribution in [0.15, 0.2) is 18.2 Å². The van der Waals surface area contributed by atoms with Gasteiger partial charge in [0.2, 0.25) is 5.91 Å². The summed E-state index contributed by atoms with van der Waals surface area (Å²) in [4.78, 5) is 13.8. The number of carbonyl (C=O) groups excluding carboxylic acids is 1. The molecule has 1 aromatic carbocycles. The summed E-state index contributed by atoms with van der Waals surface area (Å²) in [7, 11) is 1.66. The average Bonchev–Trinajstić information content (AvgIpc) is 3.02. The number of hydrogen-bond donors (Lipinski definition) is 0. The van der Waals surface area contributed by atoms with E-state index in [-0.39, 0.29) is 11.3 Å². The Morgan fingerprint density at radius 1 is 1.53 bits per heavy atom. The van der Waals surface area contributed by atoms with Gasteiger partial charge >= 0.3 is 0 Å². The molecular weight excluding hydrogens is 262 g/mol. The Kier molecular flexibility index (Phi) is 3.66. The van der Waals surface area contributed by atoms with E-state index in [2.05, 4.69) is 12.1 Å². The Morgan fingerprint density at radius 3 is 3.26 bits per heavy atom. The third kappa shape index (κ3) is 2.44. The van der Waals surface area contributed by atoms with Crippen molar-refractivity contribution in [3.63, 3.8) is 0 Å². The number of thioether (sulfide) groups is 1. The minimum Gasteiger partial charge on any atom is -0.493 e. The lowest BCUT2D eigenvalue weighted by molar-refractivity contribution is -0.128. The van der Waals surface area contributed by atoms with Gasteiger partial charge in [-0.25, -0.2) is 0 Å². The highest BCUT2D eigenvalue weighted by Gasteiger charge is 2.32. The molecule has 19 heavy (non-hydrogen) atoms. The molecule has 1 fully saturated rings. The first kappa shape index (κ1) is 12.8. The molecule has 1 atom stereocenters.